The molecule has 3 fully saturated rings. The van der Waals surface area contributed by atoms with Crippen molar-refractivity contribution in [3.8, 4) is 11.5 Å². The minimum atomic E-state index is -1.76. The van der Waals surface area contributed by atoms with Crippen molar-refractivity contribution in [2.24, 2.45) is 22.9 Å². The van der Waals surface area contributed by atoms with Crippen molar-refractivity contribution in [3.63, 3.8) is 0 Å². The molecule has 0 bridgehead atoms. The number of hydrogen-bond acceptors (Lipinski definition) is 13. The predicted octanol–water partition coefficient (Wildman–Crippen LogP) is 2.44. The molecule has 16 nitrogen and oxygen atoms in total. The van der Waals surface area contributed by atoms with E-state index in [-0.39, 0.29) is 62.2 Å². The molecule has 1 unspecified atom stereocenters. The monoisotopic (exact) mass is 777 g/mol. The van der Waals surface area contributed by atoms with E-state index in [0.29, 0.717) is 42.8 Å². The molecule has 4 aliphatic rings. The van der Waals surface area contributed by atoms with E-state index in [1.54, 1.807) is 4.90 Å². The summed E-state index contributed by atoms with van der Waals surface area (Å²) in [7, 11) is 2.04. The summed E-state index contributed by atoms with van der Waals surface area (Å²) < 4.78 is 0.512. The average Bonchev–Trinajstić information content (AvgIpc) is 3.75. The first-order chi connectivity index (χ1) is 24.3. The first-order valence-corrected chi connectivity index (χ1v) is 18.5. The van der Waals surface area contributed by atoms with Crippen LogP contribution in [0.25, 0.3) is 0 Å². The van der Waals surface area contributed by atoms with Crippen LogP contribution in [0.2, 0.25) is 5.02 Å². The molecule has 2 amide bonds. The number of β-lactam (4-membered cyclic amide) rings is 1. The normalized spacial score (nSPS) is 27.3. The molecule has 1 aromatic carbocycles. The molecule has 52 heavy (non-hydrogen) atoms. The van der Waals surface area contributed by atoms with Gasteiger partial charge >= 0.3 is 11.9 Å². The number of nitrogens with zero attached hydrogens (tertiary/aromatic N) is 5. The van der Waals surface area contributed by atoms with Crippen LogP contribution in [-0.2, 0) is 24.0 Å². The van der Waals surface area contributed by atoms with E-state index in [1.807, 2.05) is 14.0 Å². The number of rotatable bonds is 11. The van der Waals surface area contributed by atoms with Crippen molar-refractivity contribution in [3.05, 3.63) is 45.1 Å². The number of ketones is 1. The molecule has 6 rings (SSSR count). The number of likely N-dealkylation sites (tertiary alicyclic amines) is 2. The lowest BCUT2D eigenvalue weighted by molar-refractivity contribution is -0.896. The average molecular weight is 778 g/mol. The number of Topliss-reactive ketones (excluding diaryl/α,β-unsaturated/α-hetero) is 1. The van der Waals surface area contributed by atoms with E-state index >= 15 is 0 Å². The Labute approximate surface area is 311 Å². The maximum Gasteiger partial charge on any atom is 0.352 e. The highest BCUT2D eigenvalue weighted by Crippen LogP contribution is 2.49. The molecule has 0 saturated carbocycles. The van der Waals surface area contributed by atoms with Gasteiger partial charge in [-0.1, -0.05) is 16.8 Å². The molecular formula is C33H38ClN6O10S2+. The number of thiazole rings is 1. The van der Waals surface area contributed by atoms with Gasteiger partial charge in [0.15, 0.2) is 28.1 Å². The summed E-state index contributed by atoms with van der Waals surface area (Å²) in [6, 6.07) is 2.51. The van der Waals surface area contributed by atoms with Gasteiger partial charge in [-0.2, -0.15) is 0 Å². The van der Waals surface area contributed by atoms with E-state index in [0.717, 1.165) is 11.3 Å². The van der Waals surface area contributed by atoms with Crippen LogP contribution >= 0.6 is 34.7 Å². The first kappa shape index (κ1) is 37.4. The lowest BCUT2D eigenvalue weighted by Gasteiger charge is -2.51. The van der Waals surface area contributed by atoms with Crippen LogP contribution in [0.3, 0.4) is 0 Å². The Morgan fingerprint density at radius 2 is 1.81 bits per heavy atom. The number of anilines is 1. The molecule has 6 N–H and O–H groups in total. The third-order valence-corrected chi connectivity index (χ3v) is 12.6. The molecule has 3 saturated heterocycles. The zero-order valence-electron chi connectivity index (χ0n) is 28.6. The number of carboxylic acid groups (broad SMARTS) is 2. The Kier molecular flexibility index (Phi) is 9.73. The SMILES string of the molecule is C[C@@H]1S[C@@H]2[C@H](CC(=O)/C(=N\OC(C)(C)C(=O)O)c3csc(N)n3)C(=O)N2C(C(=O)O)=C1C[N+]1(C)C[C@H]2CN(C(=O)c3cc(O)c(O)c(Cl)c3)C[C@H]2C1. The van der Waals surface area contributed by atoms with Gasteiger partial charge in [0.1, 0.15) is 17.9 Å². The number of oxime groups is 1. The maximum atomic E-state index is 13.6. The highest BCUT2D eigenvalue weighted by molar-refractivity contribution is 8.00. The second-order valence-corrected chi connectivity index (χ2v) is 17.2. The number of aromatic hydroxyl groups is 2. The molecule has 1 aromatic heterocycles. The number of nitrogens with two attached hydrogens (primary N) is 1. The van der Waals surface area contributed by atoms with Crippen LogP contribution < -0.4 is 5.73 Å². The van der Waals surface area contributed by atoms with Crippen molar-refractivity contribution < 1.29 is 53.7 Å². The fourth-order valence-electron chi connectivity index (χ4n) is 7.48. The van der Waals surface area contributed by atoms with Gasteiger partial charge in [-0.15, -0.1) is 23.1 Å². The third kappa shape index (κ3) is 6.79. The Hall–Kier alpha value is -4.39. The number of thioether (sulfide) groups is 1. The lowest BCUT2D eigenvalue weighted by atomic mass is 9.88. The number of benzene rings is 1. The molecule has 0 aliphatic carbocycles. The number of aromatic nitrogens is 1. The first-order valence-electron chi connectivity index (χ1n) is 16.3. The summed E-state index contributed by atoms with van der Waals surface area (Å²) >= 11 is 8.41. The number of aliphatic carboxylic acids is 2. The summed E-state index contributed by atoms with van der Waals surface area (Å²) in [5.41, 5.74) is 4.46. The van der Waals surface area contributed by atoms with Crippen molar-refractivity contribution >= 4 is 75.1 Å². The topological polar surface area (TPSA) is 233 Å². The van der Waals surface area contributed by atoms with Crippen LogP contribution in [0.15, 0.2) is 33.9 Å². The van der Waals surface area contributed by atoms with Gasteiger partial charge in [0.25, 0.3) is 5.91 Å². The van der Waals surface area contributed by atoms with Crippen LogP contribution in [0.5, 0.6) is 11.5 Å². The Morgan fingerprint density at radius 3 is 2.37 bits per heavy atom. The zero-order chi connectivity index (χ0) is 38.0. The largest absolute Gasteiger partial charge is 0.504 e. The van der Waals surface area contributed by atoms with Gasteiger partial charge in [-0.3, -0.25) is 19.3 Å². The second kappa shape index (κ2) is 13.5. The van der Waals surface area contributed by atoms with Crippen molar-refractivity contribution in [1.29, 1.82) is 0 Å². The van der Waals surface area contributed by atoms with Crippen LogP contribution in [0, 0.1) is 17.8 Å². The number of quaternary nitrogens is 1. The maximum absolute atomic E-state index is 13.6. The lowest BCUT2D eigenvalue weighted by Crippen LogP contribution is -2.63. The Bertz CT molecular complexity index is 1910. The number of amides is 2. The highest BCUT2D eigenvalue weighted by Gasteiger charge is 2.57. The smallest absolute Gasteiger partial charge is 0.352 e. The fraction of sp³-hybridized carbons (Fsp3) is 0.485. The van der Waals surface area contributed by atoms with Gasteiger partial charge in [0.05, 0.1) is 36.5 Å². The third-order valence-electron chi connectivity index (χ3n) is 10.1. The number of phenols is 2. The number of fused-ring (bicyclic) bond motifs is 2. The van der Waals surface area contributed by atoms with Gasteiger partial charge in [0, 0.05) is 53.1 Å². The molecule has 0 radical (unpaired) electrons. The number of phenolic OH excluding ortho intramolecular Hbond substituents is 2. The summed E-state index contributed by atoms with van der Waals surface area (Å²) in [5, 5.41) is 44.0. The van der Waals surface area contributed by atoms with Gasteiger partial charge < -0.3 is 40.4 Å². The second-order valence-electron chi connectivity index (χ2n) is 14.4. The highest BCUT2D eigenvalue weighted by atomic mass is 35.5. The van der Waals surface area contributed by atoms with Crippen LogP contribution in [-0.4, -0.2) is 131 Å². The Morgan fingerprint density at radius 1 is 1.15 bits per heavy atom. The minimum absolute atomic E-state index is 0.0688. The van der Waals surface area contributed by atoms with Gasteiger partial charge in [0.2, 0.25) is 11.5 Å². The summed E-state index contributed by atoms with van der Waals surface area (Å²) in [6.07, 6.45) is -0.336. The fourth-order valence-corrected chi connectivity index (χ4v) is 9.74. The Balaban J connectivity index is 1.16. The number of halogens is 1. The number of hydrogen-bond donors (Lipinski definition) is 5. The molecular weight excluding hydrogens is 740 g/mol. The molecule has 0 spiro atoms. The van der Waals surface area contributed by atoms with E-state index in [1.165, 1.54) is 48.0 Å². The molecule has 5 heterocycles. The quantitative estimate of drug-likeness (QED) is 0.0726. The van der Waals surface area contributed by atoms with Crippen molar-refractivity contribution in [2.45, 2.75) is 43.4 Å². The van der Waals surface area contributed by atoms with E-state index in [2.05, 4.69) is 10.1 Å². The number of carboxylic acids is 2. The molecule has 278 valence electrons. The molecule has 2 aromatic rings. The standard InChI is InChI=1S/C33H37ClN6O10S2/c1-14-19(12-40(4)10-16-8-38(9-17(16)11-40)27(44)15-5-20(34)26(43)23(42)6-15)25(30(46)47)39-28(45)18(29(39)52-14)7-22(41)24(21-13-51-32(35)36-21)37-50-33(2,3)31(48)49/h5-6,13-14,16-18,29H,7-12H2,1-4H3,(H5-,35,36,37,41,42,43,44,46,47,48,49)/p+1/t14-,16-,17+,18+,29+,40?/m0/s1. The molecule has 6 atom stereocenters. The summed E-state index contributed by atoms with van der Waals surface area (Å²) in [6.45, 7) is 7.05. The van der Waals surface area contributed by atoms with E-state index in [9.17, 15) is 44.4 Å². The number of nitrogen functional groups attached to an aromatic ring is 1. The number of likely N-dealkylation sites (N-methyl/N-ethyl adjacent to an activating group) is 1. The zero-order valence-corrected chi connectivity index (χ0v) is 31.0. The summed E-state index contributed by atoms with van der Waals surface area (Å²) in [4.78, 5) is 77.0. The van der Waals surface area contributed by atoms with Crippen LogP contribution in [0.4, 0.5) is 5.13 Å². The van der Waals surface area contributed by atoms with Crippen LogP contribution in [0.1, 0.15) is 43.2 Å². The number of carbonyl (C=O) groups is 5. The van der Waals surface area contributed by atoms with Crippen molar-refractivity contribution in [1.82, 2.24) is 14.8 Å². The minimum Gasteiger partial charge on any atom is -0.504 e. The predicted molar refractivity (Wildman–Crippen MR) is 190 cm³/mol. The van der Waals surface area contributed by atoms with Crippen molar-refractivity contribution in [2.75, 3.05) is 45.5 Å². The van der Waals surface area contributed by atoms with Gasteiger partial charge in [-0.05, 0) is 32.9 Å². The summed E-state index contributed by atoms with van der Waals surface area (Å²) in [5.74, 6) is -5.58. The van der Waals surface area contributed by atoms with E-state index < -0.39 is 52.0 Å². The molecule has 4 aliphatic heterocycles. The van der Waals surface area contributed by atoms with Gasteiger partial charge in [-0.25, -0.2) is 14.6 Å². The number of carbonyl (C=O) groups excluding carboxylic acids is 3. The van der Waals surface area contributed by atoms with E-state index in [4.69, 9.17) is 22.2 Å². The molecule has 19 heteroatoms.